The van der Waals surface area contributed by atoms with Gasteiger partial charge in [-0.2, -0.15) is 0 Å². The molecule has 0 atom stereocenters. The summed E-state index contributed by atoms with van der Waals surface area (Å²) >= 11 is 0. The van der Waals surface area contributed by atoms with E-state index in [1.54, 1.807) is 0 Å². The van der Waals surface area contributed by atoms with E-state index in [2.05, 4.69) is 235 Å². The van der Waals surface area contributed by atoms with E-state index >= 15 is 0 Å². The average molecular weight is 829 g/mol. The molecule has 0 radical (unpaired) electrons. The number of nitrogens with zero attached hydrogens (tertiary/aromatic N) is 4. The van der Waals surface area contributed by atoms with Crippen LogP contribution in [-0.2, 0) is 43.3 Å². The van der Waals surface area contributed by atoms with Crippen molar-refractivity contribution in [3.8, 4) is 0 Å². The highest BCUT2D eigenvalue weighted by atomic mass is 14.8. The maximum atomic E-state index is 4.52. The van der Waals surface area contributed by atoms with E-state index in [0.717, 1.165) is 22.8 Å². The second-order valence-electron chi connectivity index (χ2n) is 23.7. The van der Waals surface area contributed by atoms with Gasteiger partial charge in [-0.25, -0.2) is 0 Å². The predicted molar refractivity (Wildman–Crippen MR) is 273 cm³/mol. The normalized spacial score (nSPS) is 12.1. The molecule has 0 amide bonds. The highest BCUT2D eigenvalue weighted by Crippen LogP contribution is 2.29. The lowest BCUT2D eigenvalue weighted by atomic mass is 9.82. The van der Waals surface area contributed by atoms with Crippen molar-refractivity contribution in [2.24, 2.45) is 0 Å². The third kappa shape index (κ3) is 21.9. The standard InChI is InChI=1S/C14H22.2C13H21N.C12H20N2.4CH4/c1-13(2,3)11-7-9-12(10-8-11)14(4,5)6;2*1-12(2,3)10-7-8-11(14-9-10)13(4,5)6;1-11(2,3)9-7-14-10(8-13-9)12(4,5)6;;;;/h7-10H,1-6H3;2*7-9H,1-6H3;7-8H,1-6H3;4*1H4. The van der Waals surface area contributed by atoms with Crippen molar-refractivity contribution >= 4 is 0 Å². The lowest BCUT2D eigenvalue weighted by molar-refractivity contribution is 0.539. The molecule has 0 saturated carbocycles. The highest BCUT2D eigenvalue weighted by Gasteiger charge is 2.21. The molecule has 0 fully saturated rings. The minimum absolute atomic E-state index is 0. The first-order chi connectivity index (χ1) is 24.8. The van der Waals surface area contributed by atoms with E-state index < -0.39 is 0 Å². The molecule has 0 unspecified atom stereocenters. The van der Waals surface area contributed by atoms with Crippen molar-refractivity contribution in [1.82, 2.24) is 19.9 Å². The number of aromatic nitrogens is 4. The zero-order valence-electron chi connectivity index (χ0n) is 40.7. The second-order valence-corrected chi connectivity index (χ2v) is 23.7. The van der Waals surface area contributed by atoms with E-state index in [1.807, 2.05) is 24.8 Å². The molecule has 1 aromatic carbocycles. The van der Waals surface area contributed by atoms with Crippen LogP contribution in [0.3, 0.4) is 0 Å². The van der Waals surface area contributed by atoms with Crippen molar-refractivity contribution in [3.05, 3.63) is 118 Å². The fraction of sp³-hybridized carbons (Fsp3) is 0.643. The summed E-state index contributed by atoms with van der Waals surface area (Å²) in [5, 5.41) is 0. The monoisotopic (exact) mass is 829 g/mol. The maximum absolute atomic E-state index is 4.52. The van der Waals surface area contributed by atoms with E-state index in [-0.39, 0.29) is 73.0 Å². The summed E-state index contributed by atoms with van der Waals surface area (Å²) in [5.74, 6) is 0. The average Bonchev–Trinajstić information content (AvgIpc) is 3.03. The molecule has 3 heterocycles. The van der Waals surface area contributed by atoms with Crippen LogP contribution in [0.1, 0.15) is 241 Å². The molecule has 0 spiro atoms. The van der Waals surface area contributed by atoms with Gasteiger partial charge in [-0.15, -0.1) is 0 Å². The van der Waals surface area contributed by atoms with E-state index in [0.29, 0.717) is 0 Å². The zero-order chi connectivity index (χ0) is 43.9. The SMILES string of the molecule is C.C.C.C.CC(C)(C)c1ccc(C(C)(C)C)cc1.CC(C)(C)c1ccc(C(C)(C)C)nc1.CC(C)(C)c1ccc(C(C)(C)C)nc1.CC(C)(C)c1cnc(C(C)(C)C)cn1. The van der Waals surface area contributed by atoms with E-state index in [9.17, 15) is 0 Å². The third-order valence-corrected chi connectivity index (χ3v) is 9.60. The molecule has 0 saturated heterocycles. The Morgan fingerprint density at radius 2 is 0.400 bits per heavy atom. The minimum Gasteiger partial charge on any atom is -0.260 e. The summed E-state index contributed by atoms with van der Waals surface area (Å²) in [4.78, 5) is 17.9. The summed E-state index contributed by atoms with van der Waals surface area (Å²) in [5.41, 5.74) is 11.2. The van der Waals surface area contributed by atoms with Gasteiger partial charge in [-0.1, -0.05) is 232 Å². The summed E-state index contributed by atoms with van der Waals surface area (Å²) < 4.78 is 0. The van der Waals surface area contributed by atoms with Crippen LogP contribution in [0, 0.1) is 0 Å². The molecule has 60 heavy (non-hydrogen) atoms. The van der Waals surface area contributed by atoms with Crippen LogP contribution in [0.2, 0.25) is 0 Å². The van der Waals surface area contributed by atoms with Gasteiger partial charge in [0.25, 0.3) is 0 Å². The molecular formula is C56H100N4. The predicted octanol–water partition coefficient (Wildman–Crippen LogP) is 17.3. The van der Waals surface area contributed by atoms with Gasteiger partial charge in [-0.05, 0) is 56.0 Å². The van der Waals surface area contributed by atoms with Crippen molar-refractivity contribution in [3.63, 3.8) is 0 Å². The van der Waals surface area contributed by atoms with Crippen LogP contribution in [-0.4, -0.2) is 19.9 Å². The summed E-state index contributed by atoms with van der Waals surface area (Å²) in [6.45, 7) is 52.7. The highest BCUT2D eigenvalue weighted by molar-refractivity contribution is 5.31. The Labute approximate surface area is 376 Å². The van der Waals surface area contributed by atoms with Gasteiger partial charge in [0, 0.05) is 57.8 Å². The molecule has 4 nitrogen and oxygen atoms in total. The van der Waals surface area contributed by atoms with Gasteiger partial charge < -0.3 is 0 Å². The van der Waals surface area contributed by atoms with E-state index in [4.69, 9.17) is 0 Å². The van der Waals surface area contributed by atoms with Crippen molar-refractivity contribution < 1.29 is 0 Å². The molecule has 4 rings (SSSR count). The molecule has 0 bridgehead atoms. The van der Waals surface area contributed by atoms with Crippen LogP contribution < -0.4 is 0 Å². The largest absolute Gasteiger partial charge is 0.260 e. The van der Waals surface area contributed by atoms with Crippen LogP contribution in [0.4, 0.5) is 0 Å². The van der Waals surface area contributed by atoms with Crippen molar-refractivity contribution in [2.45, 2.75) is 239 Å². The molecule has 0 aliphatic heterocycles. The Hall–Kier alpha value is -3.40. The Morgan fingerprint density at radius 1 is 0.217 bits per heavy atom. The molecule has 0 N–H and O–H groups in total. The lowest BCUT2D eigenvalue weighted by Crippen LogP contribution is -2.18. The Balaban J connectivity index is -0.000000341. The molecule has 0 aliphatic rings. The van der Waals surface area contributed by atoms with Gasteiger partial charge in [0.05, 0.1) is 11.4 Å². The second kappa shape index (κ2) is 23.2. The van der Waals surface area contributed by atoms with Crippen LogP contribution in [0.25, 0.3) is 0 Å². The van der Waals surface area contributed by atoms with Gasteiger partial charge in [0.15, 0.2) is 0 Å². The third-order valence-electron chi connectivity index (χ3n) is 9.60. The maximum Gasteiger partial charge on any atom is 0.0640 e. The lowest BCUT2D eigenvalue weighted by Gasteiger charge is -2.23. The molecule has 0 aliphatic carbocycles. The van der Waals surface area contributed by atoms with Crippen LogP contribution >= 0.6 is 0 Å². The molecular weight excluding hydrogens is 729 g/mol. The number of hydrogen-bond acceptors (Lipinski definition) is 4. The zero-order valence-corrected chi connectivity index (χ0v) is 40.7. The van der Waals surface area contributed by atoms with Crippen molar-refractivity contribution in [1.29, 1.82) is 0 Å². The first-order valence-electron chi connectivity index (χ1n) is 20.7. The Bertz CT molecular complexity index is 1320. The quantitative estimate of drug-likeness (QED) is 0.177. The van der Waals surface area contributed by atoms with E-state index in [1.165, 1.54) is 22.3 Å². The number of rotatable bonds is 0. The fourth-order valence-electron chi connectivity index (χ4n) is 5.14. The van der Waals surface area contributed by atoms with Gasteiger partial charge in [-0.3, -0.25) is 19.9 Å². The molecule has 4 aromatic rings. The van der Waals surface area contributed by atoms with Gasteiger partial charge >= 0.3 is 0 Å². The fourth-order valence-corrected chi connectivity index (χ4v) is 5.14. The smallest absolute Gasteiger partial charge is 0.0640 e. The first kappa shape index (κ1) is 63.2. The Kier molecular flexibility index (Phi) is 24.4. The van der Waals surface area contributed by atoms with Crippen LogP contribution in [0.15, 0.2) is 73.3 Å². The van der Waals surface area contributed by atoms with Gasteiger partial charge in [0.2, 0.25) is 0 Å². The Morgan fingerprint density at radius 3 is 0.533 bits per heavy atom. The molecule has 4 heteroatoms. The number of benzene rings is 1. The topological polar surface area (TPSA) is 51.6 Å². The minimum atomic E-state index is 0. The first-order valence-corrected chi connectivity index (χ1v) is 20.7. The van der Waals surface area contributed by atoms with Crippen LogP contribution in [0.5, 0.6) is 0 Å². The van der Waals surface area contributed by atoms with Crippen molar-refractivity contribution in [2.75, 3.05) is 0 Å². The van der Waals surface area contributed by atoms with Gasteiger partial charge in [0.1, 0.15) is 0 Å². The molecule has 344 valence electrons. The number of pyridine rings is 2. The summed E-state index contributed by atoms with van der Waals surface area (Å²) in [6.07, 6.45) is 7.78. The summed E-state index contributed by atoms with van der Waals surface area (Å²) in [6, 6.07) is 17.7. The molecule has 3 aromatic heterocycles. The number of hydrogen-bond donors (Lipinski definition) is 0. The summed E-state index contributed by atoms with van der Waals surface area (Å²) in [7, 11) is 0.